The Bertz CT molecular complexity index is 965. The fourth-order valence-corrected chi connectivity index (χ4v) is 4.67. The van der Waals surface area contributed by atoms with Crippen molar-refractivity contribution >= 4 is 5.97 Å². The third-order valence-corrected chi connectivity index (χ3v) is 6.45. The molecule has 34 heavy (non-hydrogen) atoms. The SMILES string of the molecule is Cc1ncc(C(CC(=O)OC(C)(C)C)N2CC(OCCCc3ccc4c(n3)CCCC4)C2)cn1. The molecule has 7 nitrogen and oxygen atoms in total. The smallest absolute Gasteiger partial charge is 0.308 e. The molecule has 0 radical (unpaired) electrons. The highest BCUT2D eigenvalue weighted by Gasteiger charge is 2.36. The van der Waals surface area contributed by atoms with Crippen LogP contribution in [0.5, 0.6) is 0 Å². The van der Waals surface area contributed by atoms with Crippen molar-refractivity contribution < 1.29 is 14.3 Å². The number of carbonyl (C=O) groups is 1. The second kappa shape index (κ2) is 10.9. The van der Waals surface area contributed by atoms with Crippen LogP contribution in [-0.2, 0) is 33.5 Å². The van der Waals surface area contributed by atoms with E-state index in [1.54, 1.807) is 0 Å². The maximum atomic E-state index is 12.5. The lowest BCUT2D eigenvalue weighted by Crippen LogP contribution is -2.54. The highest BCUT2D eigenvalue weighted by atomic mass is 16.6. The third kappa shape index (κ3) is 6.83. The standard InChI is InChI=1S/C27H38N4O3/c1-19-28-15-21(16-29-19)25(14-26(32)34-27(2,3)4)31-17-23(18-31)33-13-7-9-22-12-11-20-8-5-6-10-24(20)30-22/h11-12,15-16,23,25H,5-10,13-14,17-18H2,1-4H3. The molecule has 0 bridgehead atoms. The van der Waals surface area contributed by atoms with Gasteiger partial charge in [0.2, 0.25) is 0 Å². The van der Waals surface area contributed by atoms with Crippen LogP contribution in [-0.4, -0.2) is 57.2 Å². The van der Waals surface area contributed by atoms with Crippen LogP contribution in [0.25, 0.3) is 0 Å². The minimum Gasteiger partial charge on any atom is -0.460 e. The zero-order chi connectivity index (χ0) is 24.1. The fraction of sp³-hybridized carbons (Fsp3) is 0.630. The van der Waals surface area contributed by atoms with E-state index in [4.69, 9.17) is 14.5 Å². The normalized spacial score (nSPS) is 17.6. The Morgan fingerprint density at radius 2 is 1.88 bits per heavy atom. The summed E-state index contributed by atoms with van der Waals surface area (Å²) in [6.07, 6.45) is 10.9. The zero-order valence-electron chi connectivity index (χ0n) is 21.0. The second-order valence-electron chi connectivity index (χ2n) is 10.5. The van der Waals surface area contributed by atoms with E-state index in [9.17, 15) is 4.79 Å². The summed E-state index contributed by atoms with van der Waals surface area (Å²) in [4.78, 5) is 28.3. The number of hydrogen-bond acceptors (Lipinski definition) is 7. The van der Waals surface area contributed by atoms with E-state index in [2.05, 4.69) is 27.0 Å². The summed E-state index contributed by atoms with van der Waals surface area (Å²) in [7, 11) is 0. The quantitative estimate of drug-likeness (QED) is 0.405. The van der Waals surface area contributed by atoms with Crippen LogP contribution >= 0.6 is 0 Å². The third-order valence-electron chi connectivity index (χ3n) is 6.45. The van der Waals surface area contributed by atoms with E-state index in [1.807, 2.05) is 40.1 Å². The van der Waals surface area contributed by atoms with Crippen LogP contribution in [0.4, 0.5) is 0 Å². The molecule has 0 aromatic carbocycles. The molecule has 7 heteroatoms. The molecule has 1 atom stereocenters. The topological polar surface area (TPSA) is 77.4 Å². The number of aromatic nitrogens is 3. The Kier molecular flexibility index (Phi) is 7.94. The lowest BCUT2D eigenvalue weighted by atomic mass is 9.95. The Morgan fingerprint density at radius 1 is 1.15 bits per heavy atom. The Labute approximate surface area is 203 Å². The first-order valence-electron chi connectivity index (χ1n) is 12.6. The van der Waals surface area contributed by atoms with Gasteiger partial charge in [-0.25, -0.2) is 9.97 Å². The summed E-state index contributed by atoms with van der Waals surface area (Å²) in [5, 5.41) is 0. The van der Waals surface area contributed by atoms with Gasteiger partial charge in [0.25, 0.3) is 0 Å². The lowest BCUT2D eigenvalue weighted by Gasteiger charge is -2.44. The van der Waals surface area contributed by atoms with Gasteiger partial charge in [0.1, 0.15) is 11.4 Å². The average Bonchev–Trinajstić information content (AvgIpc) is 2.76. The number of pyridine rings is 1. The van der Waals surface area contributed by atoms with Crippen molar-refractivity contribution in [1.29, 1.82) is 0 Å². The number of aryl methyl sites for hydroxylation is 4. The molecule has 2 aromatic rings. The summed E-state index contributed by atoms with van der Waals surface area (Å²) in [6.45, 7) is 9.84. The van der Waals surface area contributed by atoms with E-state index in [-0.39, 0.29) is 24.5 Å². The van der Waals surface area contributed by atoms with Gasteiger partial charge in [0.15, 0.2) is 0 Å². The van der Waals surface area contributed by atoms with Crippen LogP contribution in [0.3, 0.4) is 0 Å². The second-order valence-corrected chi connectivity index (χ2v) is 10.5. The van der Waals surface area contributed by atoms with E-state index >= 15 is 0 Å². The van der Waals surface area contributed by atoms with Gasteiger partial charge in [-0.3, -0.25) is 14.7 Å². The summed E-state index contributed by atoms with van der Waals surface area (Å²) < 4.78 is 11.7. The minimum atomic E-state index is -0.501. The molecular weight excluding hydrogens is 428 g/mol. The number of ether oxygens (including phenoxy) is 2. The van der Waals surface area contributed by atoms with Crippen molar-refractivity contribution in [3.63, 3.8) is 0 Å². The van der Waals surface area contributed by atoms with Gasteiger partial charge in [-0.05, 0) is 77.8 Å². The molecule has 3 heterocycles. The van der Waals surface area contributed by atoms with Crippen LogP contribution in [0, 0.1) is 6.92 Å². The van der Waals surface area contributed by atoms with Crippen LogP contribution in [0.2, 0.25) is 0 Å². The van der Waals surface area contributed by atoms with Crippen LogP contribution < -0.4 is 0 Å². The Morgan fingerprint density at radius 3 is 2.62 bits per heavy atom. The molecule has 1 aliphatic heterocycles. The largest absolute Gasteiger partial charge is 0.460 e. The Hall–Kier alpha value is -2.38. The molecule has 2 aromatic heterocycles. The molecule has 1 saturated heterocycles. The van der Waals surface area contributed by atoms with E-state index in [1.165, 1.54) is 36.2 Å². The van der Waals surface area contributed by atoms with Gasteiger partial charge in [-0.2, -0.15) is 0 Å². The number of esters is 1. The number of hydrogen-bond donors (Lipinski definition) is 0. The molecule has 1 aliphatic carbocycles. The predicted octanol–water partition coefficient (Wildman–Crippen LogP) is 4.17. The number of carbonyl (C=O) groups excluding carboxylic acids is 1. The fourth-order valence-electron chi connectivity index (χ4n) is 4.67. The number of likely N-dealkylation sites (tertiary alicyclic amines) is 1. The molecule has 4 rings (SSSR count). The van der Waals surface area contributed by atoms with Crippen molar-refractivity contribution in [2.45, 2.75) is 90.4 Å². The van der Waals surface area contributed by atoms with Gasteiger partial charge in [-0.15, -0.1) is 0 Å². The minimum absolute atomic E-state index is 0.102. The van der Waals surface area contributed by atoms with Gasteiger partial charge in [0.05, 0.1) is 12.5 Å². The predicted molar refractivity (Wildman–Crippen MR) is 130 cm³/mol. The van der Waals surface area contributed by atoms with Crippen molar-refractivity contribution in [2.75, 3.05) is 19.7 Å². The molecule has 2 aliphatic rings. The first kappa shape index (κ1) is 24.7. The Balaban J connectivity index is 1.24. The number of fused-ring (bicyclic) bond motifs is 1. The monoisotopic (exact) mass is 466 g/mol. The molecular formula is C27H38N4O3. The molecule has 0 amide bonds. The number of rotatable bonds is 9. The highest BCUT2D eigenvalue weighted by Crippen LogP contribution is 2.30. The molecule has 0 saturated carbocycles. The van der Waals surface area contributed by atoms with Gasteiger partial charge in [-0.1, -0.05) is 6.07 Å². The number of nitrogens with zero attached hydrogens (tertiary/aromatic N) is 4. The van der Waals surface area contributed by atoms with Gasteiger partial charge < -0.3 is 9.47 Å². The maximum absolute atomic E-state index is 12.5. The molecule has 1 fully saturated rings. The van der Waals surface area contributed by atoms with Gasteiger partial charge >= 0.3 is 5.97 Å². The molecule has 1 unspecified atom stereocenters. The van der Waals surface area contributed by atoms with Crippen molar-refractivity contribution in [1.82, 2.24) is 19.9 Å². The van der Waals surface area contributed by atoms with Crippen molar-refractivity contribution in [3.05, 3.63) is 52.9 Å². The van der Waals surface area contributed by atoms with E-state index in [0.717, 1.165) is 50.3 Å². The average molecular weight is 467 g/mol. The summed E-state index contributed by atoms with van der Waals surface area (Å²) in [6, 6.07) is 4.34. The van der Waals surface area contributed by atoms with Crippen molar-refractivity contribution in [2.24, 2.45) is 0 Å². The van der Waals surface area contributed by atoms with Crippen LogP contribution in [0.1, 0.15) is 80.8 Å². The lowest BCUT2D eigenvalue weighted by molar-refractivity contribution is -0.158. The van der Waals surface area contributed by atoms with E-state index < -0.39 is 5.60 Å². The van der Waals surface area contributed by atoms with Crippen molar-refractivity contribution in [3.8, 4) is 0 Å². The van der Waals surface area contributed by atoms with Gasteiger partial charge in [0, 0.05) is 55.1 Å². The van der Waals surface area contributed by atoms with Crippen LogP contribution in [0.15, 0.2) is 24.5 Å². The molecule has 0 spiro atoms. The first-order valence-corrected chi connectivity index (χ1v) is 12.6. The summed E-state index contributed by atoms with van der Waals surface area (Å²) >= 11 is 0. The highest BCUT2D eigenvalue weighted by molar-refractivity contribution is 5.71. The zero-order valence-corrected chi connectivity index (χ0v) is 21.0. The molecule has 0 N–H and O–H groups in total. The maximum Gasteiger partial charge on any atom is 0.308 e. The summed E-state index contributed by atoms with van der Waals surface area (Å²) in [5.74, 6) is 0.512. The first-order chi connectivity index (χ1) is 16.3. The molecule has 184 valence electrons. The summed E-state index contributed by atoms with van der Waals surface area (Å²) in [5.41, 5.74) is 4.35. The van der Waals surface area contributed by atoms with E-state index in [0.29, 0.717) is 0 Å².